The predicted molar refractivity (Wildman–Crippen MR) is 166 cm³/mol. The molecule has 0 heterocycles. The Morgan fingerprint density at radius 1 is 0.698 bits per heavy atom. The van der Waals surface area contributed by atoms with Gasteiger partial charge in [-0.2, -0.15) is 0 Å². The molecule has 7 nitrogen and oxygen atoms in total. The molecule has 0 amide bonds. The number of carbonyl (C=O) groups is 3. The number of ether oxygens (including phenoxy) is 4. The highest BCUT2D eigenvalue weighted by molar-refractivity contribution is 5.98. The van der Waals surface area contributed by atoms with Crippen molar-refractivity contribution >= 4 is 28.7 Å². The van der Waals surface area contributed by atoms with E-state index in [0.29, 0.717) is 41.6 Å². The average molecular weight is 581 g/mol. The molecular formula is C36H36O7. The maximum absolute atomic E-state index is 12.9. The van der Waals surface area contributed by atoms with Gasteiger partial charge in [0.05, 0.1) is 24.3 Å². The summed E-state index contributed by atoms with van der Waals surface area (Å²) in [5.74, 6) is 0.351. The fourth-order valence-electron chi connectivity index (χ4n) is 4.60. The van der Waals surface area contributed by atoms with E-state index in [1.165, 1.54) is 0 Å². The number of esters is 3. The number of carbonyl (C=O) groups excluding carboxylic acids is 3. The van der Waals surface area contributed by atoms with Crippen LogP contribution in [0.25, 0.3) is 10.8 Å². The van der Waals surface area contributed by atoms with Crippen molar-refractivity contribution in [1.29, 1.82) is 0 Å². The zero-order chi connectivity index (χ0) is 30.8. The molecule has 222 valence electrons. The molecule has 0 aliphatic heterocycles. The molecule has 0 aromatic heterocycles. The quantitative estimate of drug-likeness (QED) is 0.0688. The van der Waals surface area contributed by atoms with Gasteiger partial charge < -0.3 is 18.9 Å². The van der Waals surface area contributed by atoms with E-state index in [4.69, 9.17) is 18.9 Å². The lowest BCUT2D eigenvalue weighted by molar-refractivity contribution is -0.137. The number of hydrogen-bond donors (Lipinski definition) is 0. The highest BCUT2D eigenvalue weighted by Gasteiger charge is 2.15. The molecule has 4 aromatic rings. The van der Waals surface area contributed by atoms with Crippen molar-refractivity contribution in [3.63, 3.8) is 0 Å². The van der Waals surface area contributed by atoms with E-state index in [-0.39, 0.29) is 0 Å². The molecule has 0 atom stereocenters. The maximum Gasteiger partial charge on any atom is 0.343 e. The summed E-state index contributed by atoms with van der Waals surface area (Å²) in [6.07, 6.45) is 4.73. The Hall–Kier alpha value is -4.91. The molecule has 0 saturated heterocycles. The largest absolute Gasteiger partial charge is 0.494 e. The van der Waals surface area contributed by atoms with Gasteiger partial charge in [0.2, 0.25) is 0 Å². The Morgan fingerprint density at radius 3 is 2.07 bits per heavy atom. The van der Waals surface area contributed by atoms with Gasteiger partial charge in [0.25, 0.3) is 0 Å². The molecular weight excluding hydrogens is 544 g/mol. The van der Waals surface area contributed by atoms with Crippen molar-refractivity contribution < 1.29 is 33.3 Å². The van der Waals surface area contributed by atoms with Crippen LogP contribution in [0, 0.1) is 20.8 Å². The molecule has 0 spiro atoms. The van der Waals surface area contributed by atoms with Crippen molar-refractivity contribution in [1.82, 2.24) is 0 Å². The first-order valence-electron chi connectivity index (χ1n) is 14.3. The van der Waals surface area contributed by atoms with Crippen molar-refractivity contribution in [2.24, 2.45) is 0 Å². The highest BCUT2D eigenvalue weighted by Crippen LogP contribution is 2.29. The third-order valence-corrected chi connectivity index (χ3v) is 7.02. The van der Waals surface area contributed by atoms with E-state index in [2.05, 4.69) is 6.58 Å². The molecule has 4 aromatic carbocycles. The molecule has 0 aliphatic rings. The first-order chi connectivity index (χ1) is 20.7. The van der Waals surface area contributed by atoms with E-state index in [1.54, 1.807) is 48.5 Å². The second kappa shape index (κ2) is 14.8. The summed E-state index contributed by atoms with van der Waals surface area (Å²) in [7, 11) is 0. The summed E-state index contributed by atoms with van der Waals surface area (Å²) < 4.78 is 22.1. The van der Waals surface area contributed by atoms with Crippen molar-refractivity contribution in [2.45, 2.75) is 46.5 Å². The predicted octanol–water partition coefficient (Wildman–Crippen LogP) is 7.87. The van der Waals surface area contributed by atoms with Crippen LogP contribution in [0.3, 0.4) is 0 Å². The Labute approximate surface area is 252 Å². The minimum Gasteiger partial charge on any atom is -0.494 e. The van der Waals surface area contributed by atoms with Crippen LogP contribution in [-0.2, 0) is 9.53 Å². The zero-order valence-electron chi connectivity index (χ0n) is 24.8. The standard InChI is InChI=1S/C36H36O7/c1-5-34(37)41-21-9-7-6-8-20-40-30-15-11-27(12-16-30)35(38)43-33-19-14-28-23-29(13-17-31(28)26(33)4)36(39)42-32-18-10-24(2)22-25(32)3/h5,10-19,22-23H,1,6-9,20-21H2,2-4H3. The average Bonchev–Trinajstić information content (AvgIpc) is 3.01. The van der Waals surface area contributed by atoms with Gasteiger partial charge in [0.1, 0.15) is 17.2 Å². The maximum atomic E-state index is 12.9. The summed E-state index contributed by atoms with van der Waals surface area (Å²) in [4.78, 5) is 36.7. The summed E-state index contributed by atoms with van der Waals surface area (Å²) in [5, 5.41) is 1.71. The fraction of sp³-hybridized carbons (Fsp3) is 0.250. The van der Waals surface area contributed by atoms with Crippen molar-refractivity contribution in [3.8, 4) is 17.2 Å². The Bertz CT molecular complexity index is 1620. The lowest BCUT2D eigenvalue weighted by atomic mass is 10.0. The Balaban J connectivity index is 1.29. The van der Waals surface area contributed by atoms with Crippen LogP contribution in [0.1, 0.15) is 63.1 Å². The third-order valence-electron chi connectivity index (χ3n) is 7.02. The monoisotopic (exact) mass is 580 g/mol. The molecule has 0 N–H and O–H groups in total. The van der Waals surface area contributed by atoms with Crippen LogP contribution in [-0.4, -0.2) is 31.1 Å². The van der Waals surface area contributed by atoms with Gasteiger partial charge in [-0.15, -0.1) is 0 Å². The van der Waals surface area contributed by atoms with Gasteiger partial charge in [-0.1, -0.05) is 36.4 Å². The van der Waals surface area contributed by atoms with E-state index < -0.39 is 17.9 Å². The number of aryl methyl sites for hydroxylation is 3. The molecule has 0 saturated carbocycles. The minimum absolute atomic E-state index is 0.397. The van der Waals surface area contributed by atoms with E-state index >= 15 is 0 Å². The highest BCUT2D eigenvalue weighted by atomic mass is 16.5. The summed E-state index contributed by atoms with van der Waals surface area (Å²) in [6.45, 7) is 10.1. The first-order valence-corrected chi connectivity index (χ1v) is 14.3. The number of benzene rings is 4. The van der Waals surface area contributed by atoms with Gasteiger partial charge in [-0.25, -0.2) is 14.4 Å². The van der Waals surface area contributed by atoms with Crippen molar-refractivity contribution in [3.05, 3.63) is 113 Å². The van der Waals surface area contributed by atoms with E-state index in [9.17, 15) is 14.4 Å². The molecule has 43 heavy (non-hydrogen) atoms. The number of fused-ring (bicyclic) bond motifs is 1. The van der Waals surface area contributed by atoms with Crippen LogP contribution >= 0.6 is 0 Å². The molecule has 0 radical (unpaired) electrons. The lowest BCUT2D eigenvalue weighted by Gasteiger charge is -2.12. The first kappa shape index (κ1) is 31.0. The lowest BCUT2D eigenvalue weighted by Crippen LogP contribution is -2.10. The van der Waals surface area contributed by atoms with Crippen LogP contribution in [0.5, 0.6) is 17.2 Å². The zero-order valence-corrected chi connectivity index (χ0v) is 24.8. The van der Waals surface area contributed by atoms with E-state index in [0.717, 1.165) is 59.2 Å². The van der Waals surface area contributed by atoms with Gasteiger partial charge in [-0.3, -0.25) is 0 Å². The third kappa shape index (κ3) is 8.55. The molecule has 0 bridgehead atoms. The van der Waals surface area contributed by atoms with E-state index in [1.807, 2.05) is 45.0 Å². The fourth-order valence-corrected chi connectivity index (χ4v) is 4.60. The molecule has 0 aliphatic carbocycles. The number of rotatable bonds is 13. The van der Waals surface area contributed by atoms with Gasteiger partial charge in [-0.05, 0) is 117 Å². The number of hydrogen-bond acceptors (Lipinski definition) is 7. The summed E-state index contributed by atoms with van der Waals surface area (Å²) in [5.41, 5.74) is 3.63. The molecule has 4 rings (SSSR count). The van der Waals surface area contributed by atoms with Crippen LogP contribution in [0.15, 0.2) is 85.5 Å². The normalized spacial score (nSPS) is 10.7. The number of unbranched alkanes of at least 4 members (excludes halogenated alkanes) is 3. The second-order valence-electron chi connectivity index (χ2n) is 10.3. The second-order valence-corrected chi connectivity index (χ2v) is 10.3. The van der Waals surface area contributed by atoms with Crippen LogP contribution in [0.4, 0.5) is 0 Å². The summed E-state index contributed by atoms with van der Waals surface area (Å²) in [6, 6.07) is 21.4. The van der Waals surface area contributed by atoms with Crippen molar-refractivity contribution in [2.75, 3.05) is 13.2 Å². The SMILES string of the molecule is C=CC(=O)OCCCCCCOc1ccc(C(=O)Oc2ccc3cc(C(=O)Oc4ccc(C)cc4C)ccc3c2C)cc1. The van der Waals surface area contributed by atoms with Crippen LogP contribution in [0.2, 0.25) is 0 Å². The Kier molecular flexibility index (Phi) is 10.7. The van der Waals surface area contributed by atoms with Gasteiger partial charge in [0.15, 0.2) is 0 Å². The molecule has 0 unspecified atom stereocenters. The van der Waals surface area contributed by atoms with Gasteiger partial charge in [0, 0.05) is 6.08 Å². The van der Waals surface area contributed by atoms with Crippen LogP contribution < -0.4 is 14.2 Å². The Morgan fingerprint density at radius 2 is 1.35 bits per heavy atom. The van der Waals surface area contributed by atoms with Gasteiger partial charge >= 0.3 is 17.9 Å². The minimum atomic E-state index is -0.472. The summed E-state index contributed by atoms with van der Waals surface area (Å²) >= 11 is 0. The smallest absolute Gasteiger partial charge is 0.343 e. The molecule has 0 fully saturated rings. The molecule has 7 heteroatoms. The topological polar surface area (TPSA) is 88.1 Å².